The minimum atomic E-state index is -4.40. The molecule has 3 saturated heterocycles. The van der Waals surface area contributed by atoms with Crippen LogP contribution in [-0.4, -0.2) is 88.2 Å². The van der Waals surface area contributed by atoms with E-state index >= 15 is 0 Å². The van der Waals surface area contributed by atoms with Crippen LogP contribution < -0.4 is 0 Å². The van der Waals surface area contributed by atoms with Crippen LogP contribution in [0.25, 0.3) is 0 Å². The van der Waals surface area contributed by atoms with Crippen molar-refractivity contribution in [1.29, 1.82) is 0 Å². The van der Waals surface area contributed by atoms with Crippen LogP contribution >= 0.6 is 7.82 Å². The van der Waals surface area contributed by atoms with Gasteiger partial charge in [0.05, 0.1) is 5.70 Å². The van der Waals surface area contributed by atoms with Crippen molar-refractivity contribution in [1.82, 2.24) is 14.7 Å². The fraction of sp³-hybridized carbons (Fsp3) is 0.667. The third kappa shape index (κ3) is 6.38. The molecule has 3 fully saturated rings. The molecular weight excluding hydrogens is 401 g/mol. The standard InChI is InChI=1S/C12H13N3O2.C6H15O5P/c16-9-7-8(13-1-2-13)12(17)11(15-5-6-15)10(9)14-3-4-14;1-3-4-5-10-6(2)11-12(7,8)9/h7H,1-6H2;6H,3-5H2,1-2H3,(H2,7,8,9). The Morgan fingerprint density at radius 3 is 2.07 bits per heavy atom. The Labute approximate surface area is 170 Å². The normalized spacial score (nSPS) is 21.7. The van der Waals surface area contributed by atoms with Crippen LogP contribution in [-0.2, 0) is 23.4 Å². The number of allylic oxidation sites excluding steroid dienone is 1. The highest BCUT2D eigenvalue weighted by Crippen LogP contribution is 2.37. The van der Waals surface area contributed by atoms with Gasteiger partial charge in [0.25, 0.3) is 0 Å². The van der Waals surface area contributed by atoms with Gasteiger partial charge in [0.2, 0.25) is 11.6 Å². The molecule has 3 aliphatic heterocycles. The molecule has 3 heterocycles. The van der Waals surface area contributed by atoms with Crippen molar-refractivity contribution in [3.63, 3.8) is 0 Å². The number of phosphoric ester groups is 1. The van der Waals surface area contributed by atoms with Crippen molar-refractivity contribution in [2.45, 2.75) is 33.0 Å². The minimum absolute atomic E-state index is 0.00546. The second-order valence-electron chi connectivity index (χ2n) is 7.27. The first-order valence-electron chi connectivity index (χ1n) is 9.86. The molecule has 0 spiro atoms. The maximum atomic E-state index is 12.4. The largest absolute Gasteiger partial charge is 0.471 e. The second-order valence-corrected chi connectivity index (χ2v) is 8.46. The molecular formula is C18H28N3O7P. The molecule has 0 amide bonds. The Morgan fingerprint density at radius 2 is 1.59 bits per heavy atom. The Hall–Kier alpha value is -1.71. The highest BCUT2D eigenvalue weighted by Gasteiger charge is 2.43. The molecule has 29 heavy (non-hydrogen) atoms. The zero-order chi connectivity index (χ0) is 21.2. The Balaban J connectivity index is 0.000000179. The van der Waals surface area contributed by atoms with Gasteiger partial charge in [-0.1, -0.05) is 13.3 Å². The van der Waals surface area contributed by atoms with Crippen molar-refractivity contribution in [3.8, 4) is 0 Å². The highest BCUT2D eigenvalue weighted by molar-refractivity contribution is 7.46. The lowest BCUT2D eigenvalue weighted by atomic mass is 10.0. The number of Topliss-reactive ketones (excluding diaryl/α,β-unsaturated/α-hetero) is 1. The average molecular weight is 429 g/mol. The molecule has 0 aromatic carbocycles. The van der Waals surface area contributed by atoms with Gasteiger partial charge in [-0.15, -0.1) is 0 Å². The summed E-state index contributed by atoms with van der Waals surface area (Å²) in [4.78, 5) is 47.2. The van der Waals surface area contributed by atoms with E-state index in [2.05, 4.69) is 4.52 Å². The monoisotopic (exact) mass is 429 g/mol. The number of nitrogens with zero attached hydrogens (tertiary/aromatic N) is 3. The molecule has 0 aromatic rings. The molecule has 1 atom stereocenters. The van der Waals surface area contributed by atoms with Crippen molar-refractivity contribution >= 4 is 19.4 Å². The average Bonchev–Trinajstić information content (AvgIpc) is 3.44. The van der Waals surface area contributed by atoms with Crippen LogP contribution in [0.4, 0.5) is 0 Å². The van der Waals surface area contributed by atoms with E-state index < -0.39 is 14.1 Å². The molecule has 1 aliphatic carbocycles. The maximum absolute atomic E-state index is 12.4. The summed E-state index contributed by atoms with van der Waals surface area (Å²) in [6.45, 7) is 9.31. The Morgan fingerprint density at radius 1 is 1.03 bits per heavy atom. The quantitative estimate of drug-likeness (QED) is 0.176. The van der Waals surface area contributed by atoms with E-state index in [1.807, 2.05) is 21.6 Å². The summed E-state index contributed by atoms with van der Waals surface area (Å²) >= 11 is 0. The zero-order valence-electron chi connectivity index (χ0n) is 16.7. The van der Waals surface area contributed by atoms with E-state index in [0.717, 1.165) is 52.1 Å². The van der Waals surface area contributed by atoms with E-state index in [1.54, 1.807) is 0 Å². The number of carbonyl (C=O) groups excluding carboxylic acids is 2. The summed E-state index contributed by atoms with van der Waals surface area (Å²) < 4.78 is 19.4. The van der Waals surface area contributed by atoms with E-state index in [1.165, 1.54) is 13.0 Å². The molecule has 2 N–H and O–H groups in total. The predicted molar refractivity (Wildman–Crippen MR) is 103 cm³/mol. The number of ketones is 2. The summed E-state index contributed by atoms with van der Waals surface area (Å²) in [7, 11) is -4.40. The SMILES string of the molecule is CCCCOC(C)OP(=O)(O)O.O=C1C=C(N2CC2)C(=O)C(N2CC2)=C1N1CC1. The van der Waals surface area contributed by atoms with E-state index in [4.69, 9.17) is 14.5 Å². The van der Waals surface area contributed by atoms with Crippen molar-refractivity contribution in [2.75, 3.05) is 45.9 Å². The number of phosphoric acid groups is 1. The van der Waals surface area contributed by atoms with E-state index in [9.17, 15) is 14.2 Å². The molecule has 0 saturated carbocycles. The van der Waals surface area contributed by atoms with Crippen LogP contribution in [0, 0.1) is 0 Å². The van der Waals surface area contributed by atoms with Crippen molar-refractivity contribution in [2.24, 2.45) is 0 Å². The summed E-state index contributed by atoms with van der Waals surface area (Å²) in [6, 6.07) is 0. The second kappa shape index (κ2) is 8.97. The van der Waals surface area contributed by atoms with Crippen LogP contribution in [0.1, 0.15) is 26.7 Å². The molecule has 4 rings (SSSR count). The van der Waals surface area contributed by atoms with Gasteiger partial charge >= 0.3 is 7.82 Å². The Bertz CT molecular complexity index is 763. The lowest BCUT2D eigenvalue weighted by Crippen LogP contribution is -2.29. The molecule has 1 unspecified atom stereocenters. The fourth-order valence-corrected chi connectivity index (χ4v) is 3.34. The highest BCUT2D eigenvalue weighted by atomic mass is 31.2. The smallest absolute Gasteiger partial charge is 0.365 e. The van der Waals surface area contributed by atoms with E-state index in [-0.39, 0.29) is 11.6 Å². The molecule has 0 aromatic heterocycles. The number of hydrogen-bond acceptors (Lipinski definition) is 8. The minimum Gasteiger partial charge on any atom is -0.365 e. The third-order valence-electron chi connectivity index (χ3n) is 4.62. The lowest BCUT2D eigenvalue weighted by Gasteiger charge is -2.21. The van der Waals surface area contributed by atoms with Gasteiger partial charge in [-0.2, -0.15) is 0 Å². The number of ether oxygens (including phenoxy) is 1. The first-order chi connectivity index (χ1) is 13.7. The molecule has 0 bridgehead atoms. The van der Waals surface area contributed by atoms with Gasteiger partial charge in [0, 0.05) is 52.0 Å². The van der Waals surface area contributed by atoms with Gasteiger partial charge in [-0.3, -0.25) is 14.1 Å². The number of hydrogen-bond donors (Lipinski definition) is 2. The van der Waals surface area contributed by atoms with Gasteiger partial charge < -0.3 is 29.2 Å². The van der Waals surface area contributed by atoms with E-state index in [0.29, 0.717) is 23.7 Å². The van der Waals surface area contributed by atoms with Gasteiger partial charge in [-0.25, -0.2) is 4.57 Å². The first-order valence-corrected chi connectivity index (χ1v) is 11.4. The van der Waals surface area contributed by atoms with Gasteiger partial charge in [0.1, 0.15) is 11.4 Å². The number of unbranched alkanes of at least 4 members (excludes halogenated alkanes) is 1. The topological polar surface area (TPSA) is 119 Å². The van der Waals surface area contributed by atoms with Crippen molar-refractivity contribution in [3.05, 3.63) is 23.2 Å². The predicted octanol–water partition coefficient (Wildman–Crippen LogP) is 0.439. The lowest BCUT2D eigenvalue weighted by molar-refractivity contribution is -0.117. The van der Waals surface area contributed by atoms with Gasteiger partial charge in [-0.05, 0) is 13.3 Å². The number of rotatable bonds is 9. The van der Waals surface area contributed by atoms with Gasteiger partial charge in [0.15, 0.2) is 6.29 Å². The third-order valence-corrected chi connectivity index (χ3v) is 5.20. The number of carbonyl (C=O) groups is 2. The zero-order valence-corrected chi connectivity index (χ0v) is 17.6. The summed E-state index contributed by atoms with van der Waals surface area (Å²) in [6.07, 6.45) is 2.50. The summed E-state index contributed by atoms with van der Waals surface area (Å²) in [5, 5.41) is 0. The van der Waals surface area contributed by atoms with Crippen molar-refractivity contribution < 1.29 is 33.2 Å². The molecule has 4 aliphatic rings. The van der Waals surface area contributed by atoms with Crippen LogP contribution in [0.5, 0.6) is 0 Å². The summed E-state index contributed by atoms with van der Waals surface area (Å²) in [5.74, 6) is 0.0485. The van der Waals surface area contributed by atoms with Crippen LogP contribution in [0.3, 0.4) is 0 Å². The molecule has 0 radical (unpaired) electrons. The molecule has 162 valence electrons. The molecule has 10 nitrogen and oxygen atoms in total. The maximum Gasteiger partial charge on any atom is 0.471 e. The Kier molecular flexibility index (Phi) is 6.80. The molecule has 11 heteroatoms. The van der Waals surface area contributed by atoms with Crippen LogP contribution in [0.2, 0.25) is 0 Å². The fourth-order valence-electron chi connectivity index (χ4n) is 2.89. The summed E-state index contributed by atoms with van der Waals surface area (Å²) in [5.41, 5.74) is 1.89. The van der Waals surface area contributed by atoms with Crippen LogP contribution in [0.15, 0.2) is 23.2 Å². The first kappa shape index (κ1) is 22.0.